The normalized spacial score (nSPS) is 13.7. The van der Waals surface area contributed by atoms with Crippen LogP contribution in [0.1, 0.15) is 34.1 Å². The second-order valence-electron chi connectivity index (χ2n) is 3.87. The first-order valence-corrected chi connectivity index (χ1v) is 4.02. The molecule has 0 aromatic rings. The predicted octanol–water partition coefficient (Wildman–Crippen LogP) is 1.55. The summed E-state index contributed by atoms with van der Waals surface area (Å²) >= 11 is 0. The average molecular weight is 172 g/mol. The van der Waals surface area contributed by atoms with Crippen LogP contribution in [0.15, 0.2) is 0 Å². The van der Waals surface area contributed by atoms with Crippen LogP contribution in [0.5, 0.6) is 0 Å². The number of esters is 1. The van der Waals surface area contributed by atoms with Gasteiger partial charge in [-0.05, 0) is 27.7 Å². The number of aldehydes is 1. The molecule has 0 aromatic heterocycles. The first-order chi connectivity index (χ1) is 5.38. The van der Waals surface area contributed by atoms with Gasteiger partial charge in [0.15, 0.2) is 0 Å². The van der Waals surface area contributed by atoms with Crippen molar-refractivity contribution in [3.05, 3.63) is 0 Å². The van der Waals surface area contributed by atoms with Gasteiger partial charge < -0.3 is 9.53 Å². The van der Waals surface area contributed by atoms with Crippen molar-refractivity contribution < 1.29 is 14.3 Å². The molecule has 0 heterocycles. The summed E-state index contributed by atoms with van der Waals surface area (Å²) in [5.74, 6) is -0.267. The van der Waals surface area contributed by atoms with E-state index in [4.69, 9.17) is 4.74 Å². The van der Waals surface area contributed by atoms with E-state index in [-0.39, 0.29) is 18.5 Å². The van der Waals surface area contributed by atoms with E-state index in [0.717, 1.165) is 6.29 Å². The van der Waals surface area contributed by atoms with Crippen molar-refractivity contribution in [3.8, 4) is 0 Å². The topological polar surface area (TPSA) is 43.4 Å². The molecule has 3 heteroatoms. The number of hydrogen-bond donors (Lipinski definition) is 0. The summed E-state index contributed by atoms with van der Waals surface area (Å²) in [6, 6.07) is 0. The molecule has 1 atom stereocenters. The lowest BCUT2D eigenvalue weighted by Crippen LogP contribution is -2.27. The highest BCUT2D eigenvalue weighted by Gasteiger charge is 2.24. The zero-order chi connectivity index (χ0) is 9.78. The van der Waals surface area contributed by atoms with Crippen molar-refractivity contribution >= 4 is 12.3 Å². The minimum Gasteiger partial charge on any atom is -0.462 e. The first kappa shape index (κ1) is 11.1. The largest absolute Gasteiger partial charge is 0.462 e. The van der Waals surface area contributed by atoms with Crippen molar-refractivity contribution in [2.24, 2.45) is 5.41 Å². The summed E-state index contributed by atoms with van der Waals surface area (Å²) in [6.07, 6.45) is 0.705. The molecule has 0 saturated heterocycles. The van der Waals surface area contributed by atoms with Crippen LogP contribution in [0.4, 0.5) is 0 Å². The Morgan fingerprint density at radius 3 is 2.33 bits per heavy atom. The van der Waals surface area contributed by atoms with E-state index in [1.807, 2.05) is 0 Å². The Kier molecular flexibility index (Phi) is 3.93. The van der Waals surface area contributed by atoms with Gasteiger partial charge in [-0.3, -0.25) is 4.79 Å². The van der Waals surface area contributed by atoms with E-state index in [2.05, 4.69) is 0 Å². The summed E-state index contributed by atoms with van der Waals surface area (Å²) < 4.78 is 4.99. The van der Waals surface area contributed by atoms with Gasteiger partial charge in [-0.2, -0.15) is 0 Å². The Hall–Kier alpha value is -0.860. The molecule has 0 aliphatic rings. The molecule has 0 aliphatic heterocycles. The van der Waals surface area contributed by atoms with E-state index in [9.17, 15) is 9.59 Å². The number of hydrogen-bond acceptors (Lipinski definition) is 3. The highest BCUT2D eigenvalue weighted by Crippen LogP contribution is 2.16. The third-order valence-electron chi connectivity index (χ3n) is 1.35. The number of ether oxygens (including phenoxy) is 1. The third-order valence-corrected chi connectivity index (χ3v) is 1.35. The molecule has 0 fully saturated rings. The lowest BCUT2D eigenvalue weighted by molar-refractivity contribution is -0.158. The molecular formula is C9H16O3. The maximum Gasteiger partial charge on any atom is 0.311 e. The van der Waals surface area contributed by atoms with Crippen LogP contribution >= 0.6 is 0 Å². The Balaban J connectivity index is 3.92. The van der Waals surface area contributed by atoms with Crippen molar-refractivity contribution in [1.29, 1.82) is 0 Å². The fourth-order valence-corrected chi connectivity index (χ4v) is 0.543. The summed E-state index contributed by atoms with van der Waals surface area (Å²) in [7, 11) is 0. The summed E-state index contributed by atoms with van der Waals surface area (Å²) in [6.45, 7) is 7.05. The number of carbonyl (C=O) groups is 2. The van der Waals surface area contributed by atoms with Crippen molar-refractivity contribution in [3.63, 3.8) is 0 Å². The first-order valence-electron chi connectivity index (χ1n) is 4.02. The van der Waals surface area contributed by atoms with Crippen molar-refractivity contribution in [1.82, 2.24) is 0 Å². The van der Waals surface area contributed by atoms with Crippen LogP contribution < -0.4 is 0 Å². The van der Waals surface area contributed by atoms with Crippen molar-refractivity contribution in [2.45, 2.75) is 40.2 Å². The maximum absolute atomic E-state index is 11.2. The molecule has 0 amide bonds. The Morgan fingerprint density at radius 1 is 1.50 bits per heavy atom. The monoisotopic (exact) mass is 172 g/mol. The minimum absolute atomic E-state index is 0.266. The minimum atomic E-state index is -0.489. The SMILES string of the molecule is CC(CC=O)OC(=O)C(C)(C)C. The van der Waals surface area contributed by atoms with Gasteiger partial charge in [0, 0.05) is 6.42 Å². The van der Waals surface area contributed by atoms with Crippen LogP contribution in [0.25, 0.3) is 0 Å². The highest BCUT2D eigenvalue weighted by molar-refractivity contribution is 5.75. The molecule has 0 N–H and O–H groups in total. The third kappa shape index (κ3) is 4.11. The van der Waals surface area contributed by atoms with Gasteiger partial charge in [-0.1, -0.05) is 0 Å². The highest BCUT2D eigenvalue weighted by atomic mass is 16.5. The molecule has 0 aromatic carbocycles. The molecule has 0 radical (unpaired) electrons. The quantitative estimate of drug-likeness (QED) is 0.479. The summed E-state index contributed by atoms with van der Waals surface area (Å²) in [4.78, 5) is 21.3. The van der Waals surface area contributed by atoms with Gasteiger partial charge >= 0.3 is 5.97 Å². The molecule has 1 unspecified atom stereocenters. The maximum atomic E-state index is 11.2. The van der Waals surface area contributed by atoms with Gasteiger partial charge in [-0.25, -0.2) is 0 Å². The van der Waals surface area contributed by atoms with E-state index in [0.29, 0.717) is 0 Å². The molecule has 0 saturated carbocycles. The molecule has 3 nitrogen and oxygen atoms in total. The number of carbonyl (C=O) groups excluding carboxylic acids is 2. The smallest absolute Gasteiger partial charge is 0.311 e. The van der Waals surface area contributed by atoms with Gasteiger partial charge in [0.1, 0.15) is 12.4 Å². The fraction of sp³-hybridized carbons (Fsp3) is 0.778. The average Bonchev–Trinajstić information content (AvgIpc) is 1.85. The predicted molar refractivity (Wildman–Crippen MR) is 45.7 cm³/mol. The van der Waals surface area contributed by atoms with E-state index in [1.165, 1.54) is 0 Å². The lowest BCUT2D eigenvalue weighted by atomic mass is 9.97. The Labute approximate surface area is 73.1 Å². The zero-order valence-corrected chi connectivity index (χ0v) is 8.09. The van der Waals surface area contributed by atoms with Gasteiger partial charge in [0.25, 0.3) is 0 Å². The van der Waals surface area contributed by atoms with Crippen molar-refractivity contribution in [2.75, 3.05) is 0 Å². The number of rotatable bonds is 3. The molecule has 70 valence electrons. The molecule has 0 aliphatic carbocycles. The Bertz CT molecular complexity index is 167. The molecule has 12 heavy (non-hydrogen) atoms. The molecule has 0 bridgehead atoms. The summed E-state index contributed by atoms with van der Waals surface area (Å²) in [5, 5.41) is 0. The standard InChI is InChI=1S/C9H16O3/c1-7(5-6-10)12-8(11)9(2,3)4/h6-7H,5H2,1-4H3. The lowest BCUT2D eigenvalue weighted by Gasteiger charge is -2.19. The van der Waals surface area contributed by atoms with E-state index >= 15 is 0 Å². The molecule has 0 rings (SSSR count). The van der Waals surface area contributed by atoms with Crippen LogP contribution in [-0.2, 0) is 14.3 Å². The van der Waals surface area contributed by atoms with Crippen LogP contribution in [0.2, 0.25) is 0 Å². The van der Waals surface area contributed by atoms with Crippen LogP contribution in [0.3, 0.4) is 0 Å². The zero-order valence-electron chi connectivity index (χ0n) is 8.09. The van der Waals surface area contributed by atoms with Gasteiger partial charge in [-0.15, -0.1) is 0 Å². The van der Waals surface area contributed by atoms with E-state index in [1.54, 1.807) is 27.7 Å². The van der Waals surface area contributed by atoms with Gasteiger partial charge in [0.2, 0.25) is 0 Å². The van der Waals surface area contributed by atoms with E-state index < -0.39 is 5.41 Å². The van der Waals surface area contributed by atoms with Crippen LogP contribution in [0, 0.1) is 5.41 Å². The summed E-state index contributed by atoms with van der Waals surface area (Å²) in [5.41, 5.74) is -0.489. The Morgan fingerprint density at radius 2 is 2.00 bits per heavy atom. The second-order valence-corrected chi connectivity index (χ2v) is 3.87. The fourth-order valence-electron chi connectivity index (χ4n) is 0.543. The second kappa shape index (κ2) is 4.24. The molecule has 0 spiro atoms. The van der Waals surface area contributed by atoms with Crippen LogP contribution in [-0.4, -0.2) is 18.4 Å². The van der Waals surface area contributed by atoms with Gasteiger partial charge in [0.05, 0.1) is 5.41 Å². The molecular weight excluding hydrogens is 156 g/mol.